The number of aromatic hydroxyl groups is 1. The number of benzene rings is 1. The zero-order valence-corrected chi connectivity index (χ0v) is 14.5. The third-order valence-corrected chi connectivity index (χ3v) is 4.66. The van der Waals surface area contributed by atoms with Gasteiger partial charge in [-0.1, -0.05) is 0 Å². The number of amides is 1. The lowest BCUT2D eigenvalue weighted by Crippen LogP contribution is -2.42. The standard InChI is InChI=1S/C18H21NO6/c1-10-12-8-14(23-3)16(21)11(2)17(12)25-18(22)13(10)9-15(20)19-4-6-24-7-5-19/h8,21H,4-7,9H2,1-3H3. The molecule has 1 amide bonds. The third-order valence-electron chi connectivity index (χ3n) is 4.66. The molecule has 0 spiro atoms. The number of carbonyl (C=O) groups excluding carboxylic acids is 1. The monoisotopic (exact) mass is 347 g/mol. The first-order chi connectivity index (χ1) is 11.9. The number of rotatable bonds is 3. The highest BCUT2D eigenvalue weighted by Gasteiger charge is 2.22. The molecule has 1 aliphatic heterocycles. The van der Waals surface area contributed by atoms with Gasteiger partial charge in [-0.05, 0) is 25.5 Å². The van der Waals surface area contributed by atoms with E-state index in [1.165, 1.54) is 7.11 Å². The predicted octanol–water partition coefficient (Wildman–Crippen LogP) is 1.53. The molecule has 1 N–H and O–H groups in total. The average Bonchev–Trinajstić information content (AvgIpc) is 2.62. The molecule has 0 aliphatic carbocycles. The summed E-state index contributed by atoms with van der Waals surface area (Å²) < 4.78 is 15.8. The molecule has 7 heteroatoms. The van der Waals surface area contributed by atoms with Gasteiger partial charge in [-0.3, -0.25) is 4.79 Å². The molecule has 2 heterocycles. The Morgan fingerprint density at radius 1 is 1.28 bits per heavy atom. The highest BCUT2D eigenvalue weighted by atomic mass is 16.5. The minimum absolute atomic E-state index is 0.0215. The largest absolute Gasteiger partial charge is 0.504 e. The average molecular weight is 347 g/mol. The molecule has 1 aromatic heterocycles. The van der Waals surface area contributed by atoms with E-state index < -0.39 is 5.63 Å². The zero-order chi connectivity index (χ0) is 18.1. The first-order valence-corrected chi connectivity index (χ1v) is 8.12. The Kier molecular flexibility index (Phi) is 4.67. The molecule has 0 bridgehead atoms. The lowest BCUT2D eigenvalue weighted by atomic mass is 10.0. The molecule has 0 unspecified atom stereocenters. The van der Waals surface area contributed by atoms with Crippen molar-refractivity contribution in [3.05, 3.63) is 33.2 Å². The molecule has 1 aromatic carbocycles. The second kappa shape index (κ2) is 6.76. The van der Waals surface area contributed by atoms with Crippen LogP contribution in [0.4, 0.5) is 0 Å². The third kappa shape index (κ3) is 3.07. The van der Waals surface area contributed by atoms with Gasteiger partial charge < -0.3 is 23.9 Å². The van der Waals surface area contributed by atoms with Crippen LogP contribution in [-0.4, -0.2) is 49.3 Å². The fraction of sp³-hybridized carbons (Fsp3) is 0.444. The van der Waals surface area contributed by atoms with Gasteiger partial charge in [0, 0.05) is 24.0 Å². The fourth-order valence-electron chi connectivity index (χ4n) is 3.08. The molecule has 0 radical (unpaired) electrons. The second-order valence-corrected chi connectivity index (χ2v) is 6.09. The van der Waals surface area contributed by atoms with E-state index in [1.807, 2.05) is 0 Å². The van der Waals surface area contributed by atoms with E-state index >= 15 is 0 Å². The summed E-state index contributed by atoms with van der Waals surface area (Å²) in [6, 6.07) is 1.62. The molecule has 25 heavy (non-hydrogen) atoms. The van der Waals surface area contributed by atoms with E-state index in [0.29, 0.717) is 59.7 Å². The molecule has 1 saturated heterocycles. The second-order valence-electron chi connectivity index (χ2n) is 6.09. The quantitative estimate of drug-likeness (QED) is 0.847. The van der Waals surface area contributed by atoms with Gasteiger partial charge >= 0.3 is 5.63 Å². The van der Waals surface area contributed by atoms with Gasteiger partial charge in [0.15, 0.2) is 11.5 Å². The minimum atomic E-state index is -0.556. The lowest BCUT2D eigenvalue weighted by Gasteiger charge is -2.27. The number of ether oxygens (including phenoxy) is 2. The number of hydrogen-bond acceptors (Lipinski definition) is 6. The number of carbonyl (C=O) groups is 1. The van der Waals surface area contributed by atoms with Gasteiger partial charge in [0.2, 0.25) is 5.91 Å². The van der Waals surface area contributed by atoms with Crippen LogP contribution < -0.4 is 10.4 Å². The Hall–Kier alpha value is -2.54. The van der Waals surface area contributed by atoms with Crippen LogP contribution in [0.2, 0.25) is 0 Å². The van der Waals surface area contributed by atoms with Gasteiger partial charge in [-0.2, -0.15) is 0 Å². The van der Waals surface area contributed by atoms with E-state index in [9.17, 15) is 14.7 Å². The number of morpholine rings is 1. The fourth-order valence-corrected chi connectivity index (χ4v) is 3.08. The van der Waals surface area contributed by atoms with Crippen LogP contribution in [0.3, 0.4) is 0 Å². The maximum atomic E-state index is 12.5. The Morgan fingerprint density at radius 3 is 2.60 bits per heavy atom. The van der Waals surface area contributed by atoms with Crippen LogP contribution in [0, 0.1) is 13.8 Å². The van der Waals surface area contributed by atoms with Crippen LogP contribution >= 0.6 is 0 Å². The Balaban J connectivity index is 2.05. The number of methoxy groups -OCH3 is 1. The van der Waals surface area contributed by atoms with Gasteiger partial charge in [0.25, 0.3) is 0 Å². The highest BCUT2D eigenvalue weighted by Crippen LogP contribution is 2.37. The number of aryl methyl sites for hydroxylation is 2. The van der Waals surface area contributed by atoms with Gasteiger partial charge in [0.05, 0.1) is 32.3 Å². The van der Waals surface area contributed by atoms with Crippen LogP contribution in [0.1, 0.15) is 16.7 Å². The van der Waals surface area contributed by atoms with Crippen molar-refractivity contribution in [2.75, 3.05) is 33.4 Å². The maximum Gasteiger partial charge on any atom is 0.340 e. The summed E-state index contributed by atoms with van der Waals surface area (Å²) >= 11 is 0. The van der Waals surface area contributed by atoms with Crippen molar-refractivity contribution in [3.63, 3.8) is 0 Å². The molecule has 1 aliphatic rings. The van der Waals surface area contributed by atoms with Gasteiger partial charge in [-0.25, -0.2) is 4.79 Å². The summed E-state index contributed by atoms with van der Waals surface area (Å²) in [5.74, 6) is 0.114. The van der Waals surface area contributed by atoms with E-state index in [2.05, 4.69) is 0 Å². The molecule has 0 saturated carbocycles. The van der Waals surface area contributed by atoms with Crippen molar-refractivity contribution in [1.82, 2.24) is 4.90 Å². The van der Waals surface area contributed by atoms with Gasteiger partial charge in [-0.15, -0.1) is 0 Å². The summed E-state index contributed by atoms with van der Waals surface area (Å²) in [4.78, 5) is 26.6. The Bertz CT molecular complexity index is 879. The molecule has 0 atom stereocenters. The summed E-state index contributed by atoms with van der Waals surface area (Å²) in [6.45, 7) is 5.49. The van der Waals surface area contributed by atoms with Crippen molar-refractivity contribution >= 4 is 16.9 Å². The molecule has 2 aromatic rings. The van der Waals surface area contributed by atoms with Crippen molar-refractivity contribution in [2.24, 2.45) is 0 Å². The summed E-state index contributed by atoms with van der Waals surface area (Å²) in [7, 11) is 1.46. The summed E-state index contributed by atoms with van der Waals surface area (Å²) in [5.41, 5.74) is 1.17. The summed E-state index contributed by atoms with van der Waals surface area (Å²) in [5, 5.41) is 10.8. The first kappa shape index (κ1) is 17.3. The van der Waals surface area contributed by atoms with E-state index in [-0.39, 0.29) is 18.1 Å². The van der Waals surface area contributed by atoms with Crippen molar-refractivity contribution in [1.29, 1.82) is 0 Å². The normalized spacial score (nSPS) is 14.8. The van der Waals surface area contributed by atoms with Crippen LogP contribution in [0.15, 0.2) is 15.3 Å². The maximum absolute atomic E-state index is 12.5. The summed E-state index contributed by atoms with van der Waals surface area (Å²) in [6.07, 6.45) is -0.0215. The number of phenolic OH excluding ortho intramolecular Hbond substituents is 1. The Morgan fingerprint density at radius 2 is 1.96 bits per heavy atom. The minimum Gasteiger partial charge on any atom is -0.504 e. The predicted molar refractivity (Wildman–Crippen MR) is 91.3 cm³/mol. The highest BCUT2D eigenvalue weighted by molar-refractivity contribution is 5.89. The molecule has 1 fully saturated rings. The topological polar surface area (TPSA) is 89.2 Å². The van der Waals surface area contributed by atoms with Crippen molar-refractivity contribution < 1.29 is 23.8 Å². The van der Waals surface area contributed by atoms with Crippen LogP contribution in [0.5, 0.6) is 11.5 Å². The van der Waals surface area contributed by atoms with Crippen molar-refractivity contribution in [3.8, 4) is 11.5 Å². The first-order valence-electron chi connectivity index (χ1n) is 8.12. The molecule has 3 rings (SSSR count). The number of hydrogen-bond donors (Lipinski definition) is 1. The van der Waals surface area contributed by atoms with Gasteiger partial charge in [0.1, 0.15) is 5.58 Å². The van der Waals surface area contributed by atoms with E-state index in [4.69, 9.17) is 13.9 Å². The molecule has 134 valence electrons. The van der Waals surface area contributed by atoms with Crippen LogP contribution in [0.25, 0.3) is 11.0 Å². The Labute approximate surface area is 144 Å². The molecular weight excluding hydrogens is 326 g/mol. The van der Waals surface area contributed by atoms with Crippen LogP contribution in [-0.2, 0) is 16.0 Å². The van der Waals surface area contributed by atoms with E-state index in [1.54, 1.807) is 24.8 Å². The lowest BCUT2D eigenvalue weighted by molar-refractivity contribution is -0.134. The molecular formula is C18H21NO6. The number of fused-ring (bicyclic) bond motifs is 1. The molecule has 7 nitrogen and oxygen atoms in total. The van der Waals surface area contributed by atoms with E-state index in [0.717, 1.165) is 0 Å². The van der Waals surface area contributed by atoms with Crippen molar-refractivity contribution in [2.45, 2.75) is 20.3 Å². The number of nitrogens with zero attached hydrogens (tertiary/aromatic N) is 1. The smallest absolute Gasteiger partial charge is 0.340 e. The zero-order valence-electron chi connectivity index (χ0n) is 14.5. The SMILES string of the molecule is COc1cc2c(C)c(CC(=O)N3CCOCC3)c(=O)oc2c(C)c1O. The number of phenols is 1.